The van der Waals surface area contributed by atoms with Crippen LogP contribution in [0.15, 0.2) is 71.6 Å². The molecule has 3 aromatic rings. The summed E-state index contributed by atoms with van der Waals surface area (Å²) < 4.78 is 22.9. The topological polar surface area (TPSA) is 66.0 Å². The van der Waals surface area contributed by atoms with Crippen molar-refractivity contribution in [2.75, 3.05) is 20.8 Å². The fraction of sp³-hybridized carbons (Fsp3) is 0.240. The highest BCUT2D eigenvalue weighted by Gasteiger charge is 2.32. The number of nitrogens with one attached hydrogen (secondary N) is 1. The summed E-state index contributed by atoms with van der Waals surface area (Å²) in [6.45, 7) is 2.51. The molecule has 0 saturated heterocycles. The van der Waals surface area contributed by atoms with Gasteiger partial charge in [0.25, 0.3) is 0 Å². The van der Waals surface area contributed by atoms with Crippen LogP contribution >= 0.6 is 11.3 Å². The molecule has 7 heteroatoms. The lowest BCUT2D eigenvalue weighted by atomic mass is 10.1. The van der Waals surface area contributed by atoms with E-state index in [2.05, 4.69) is 5.32 Å². The van der Waals surface area contributed by atoms with Crippen molar-refractivity contribution in [3.8, 4) is 5.75 Å². The molecule has 0 aliphatic carbocycles. The van der Waals surface area contributed by atoms with Crippen molar-refractivity contribution in [2.24, 2.45) is 0 Å². The van der Waals surface area contributed by atoms with Crippen LogP contribution in [0.25, 0.3) is 16.2 Å². The van der Waals surface area contributed by atoms with Crippen molar-refractivity contribution in [3.05, 3.63) is 82.8 Å². The van der Waals surface area contributed by atoms with Crippen LogP contribution in [0.1, 0.15) is 24.5 Å². The molecule has 0 amide bonds. The summed E-state index contributed by atoms with van der Waals surface area (Å²) >= 11 is 1.58. The molecule has 1 N–H and O–H groups in total. The van der Waals surface area contributed by atoms with Gasteiger partial charge in [-0.2, -0.15) is 0 Å². The molecule has 166 valence electrons. The number of esters is 1. The number of hydrogen-bond donors (Lipinski definition) is 1. The number of ether oxygens (including phenoxy) is 4. The van der Waals surface area contributed by atoms with Gasteiger partial charge in [0.15, 0.2) is 0 Å². The highest BCUT2D eigenvalue weighted by molar-refractivity contribution is 7.17. The molecule has 2 heterocycles. The minimum Gasteiger partial charge on any atom is -0.493 e. The first kappa shape index (κ1) is 21.8. The van der Waals surface area contributed by atoms with E-state index in [9.17, 15) is 4.79 Å². The molecular weight excluding hydrogens is 426 g/mol. The van der Waals surface area contributed by atoms with Crippen molar-refractivity contribution >= 4 is 33.5 Å². The van der Waals surface area contributed by atoms with Crippen LogP contribution in [0, 0.1) is 0 Å². The second-order valence-electron chi connectivity index (χ2n) is 7.40. The van der Waals surface area contributed by atoms with E-state index in [1.165, 1.54) is 14.2 Å². The number of carbonyl (C=O) groups excluding carboxylic acids is 1. The lowest BCUT2D eigenvalue weighted by molar-refractivity contribution is -0.139. The third kappa shape index (κ3) is 4.43. The first-order valence-electron chi connectivity index (χ1n) is 10.2. The van der Waals surface area contributed by atoms with Crippen molar-refractivity contribution in [1.29, 1.82) is 0 Å². The Balaban J connectivity index is 1.42. The minimum absolute atomic E-state index is 0.150. The van der Waals surface area contributed by atoms with Crippen LogP contribution in [-0.4, -0.2) is 26.8 Å². The summed E-state index contributed by atoms with van der Waals surface area (Å²) in [6.07, 6.45) is 4.14. The van der Waals surface area contributed by atoms with Crippen LogP contribution in [0.4, 0.5) is 0 Å². The molecule has 1 aliphatic heterocycles. The average Bonchev–Trinajstić information content (AvgIpc) is 3.47. The van der Waals surface area contributed by atoms with Crippen molar-refractivity contribution < 1.29 is 23.7 Å². The zero-order valence-electron chi connectivity index (χ0n) is 18.2. The Kier molecular flexibility index (Phi) is 6.37. The van der Waals surface area contributed by atoms with Gasteiger partial charge in [0, 0.05) is 22.1 Å². The molecule has 1 aromatic heterocycles. The summed E-state index contributed by atoms with van der Waals surface area (Å²) in [7, 11) is 2.78. The molecule has 1 atom stereocenters. The predicted octanol–water partition coefficient (Wildman–Crippen LogP) is 5.16. The Morgan fingerprint density at radius 2 is 1.94 bits per heavy atom. The van der Waals surface area contributed by atoms with Gasteiger partial charge in [-0.1, -0.05) is 30.3 Å². The maximum absolute atomic E-state index is 11.8. The molecule has 4 rings (SSSR count). The van der Waals surface area contributed by atoms with Crippen molar-refractivity contribution in [3.63, 3.8) is 0 Å². The number of fused-ring (bicyclic) bond motifs is 1. The molecule has 32 heavy (non-hydrogen) atoms. The lowest BCUT2D eigenvalue weighted by Gasteiger charge is -2.26. The van der Waals surface area contributed by atoms with Crippen LogP contribution in [0.3, 0.4) is 0 Å². The third-order valence-electron chi connectivity index (χ3n) is 5.29. The molecule has 0 radical (unpaired) electrons. The van der Waals surface area contributed by atoms with E-state index in [-0.39, 0.29) is 5.76 Å². The SMILES string of the molecule is COC(=O)/C(=C/c1ccc(OCCC2=COC(C)(c3ccccc3)N2)c2ccsc12)OC. The monoisotopic (exact) mass is 451 g/mol. The highest BCUT2D eigenvalue weighted by Crippen LogP contribution is 2.35. The second kappa shape index (κ2) is 9.36. The van der Waals surface area contributed by atoms with Gasteiger partial charge in [-0.05, 0) is 42.1 Å². The number of rotatable bonds is 8. The maximum atomic E-state index is 11.8. The Labute approximate surface area is 191 Å². The molecule has 0 spiro atoms. The largest absolute Gasteiger partial charge is 0.493 e. The number of carbonyl (C=O) groups is 1. The van der Waals surface area contributed by atoms with Gasteiger partial charge in [0.1, 0.15) is 12.0 Å². The van der Waals surface area contributed by atoms with E-state index in [4.69, 9.17) is 18.9 Å². The normalized spacial score (nSPS) is 18.0. The molecule has 6 nitrogen and oxygen atoms in total. The van der Waals surface area contributed by atoms with Gasteiger partial charge in [-0.3, -0.25) is 0 Å². The van der Waals surface area contributed by atoms with Crippen molar-refractivity contribution in [2.45, 2.75) is 19.1 Å². The van der Waals surface area contributed by atoms with Crippen LogP contribution in [0.2, 0.25) is 0 Å². The minimum atomic E-state index is -0.566. The number of benzene rings is 2. The van der Waals surface area contributed by atoms with E-state index in [1.807, 2.05) is 60.8 Å². The van der Waals surface area contributed by atoms with Crippen LogP contribution in [-0.2, 0) is 24.7 Å². The van der Waals surface area contributed by atoms with E-state index in [0.717, 1.165) is 32.7 Å². The zero-order valence-corrected chi connectivity index (χ0v) is 19.0. The Hall–Kier alpha value is -3.45. The zero-order chi connectivity index (χ0) is 22.6. The smallest absolute Gasteiger partial charge is 0.373 e. The summed E-state index contributed by atoms with van der Waals surface area (Å²) in [5, 5.41) is 6.44. The summed E-state index contributed by atoms with van der Waals surface area (Å²) in [5.74, 6) is 0.428. The van der Waals surface area contributed by atoms with Gasteiger partial charge >= 0.3 is 5.97 Å². The molecule has 1 aliphatic rings. The van der Waals surface area contributed by atoms with Gasteiger partial charge in [-0.15, -0.1) is 11.3 Å². The third-order valence-corrected chi connectivity index (χ3v) is 6.25. The van der Waals surface area contributed by atoms with Crippen molar-refractivity contribution in [1.82, 2.24) is 5.32 Å². The number of methoxy groups -OCH3 is 2. The van der Waals surface area contributed by atoms with E-state index < -0.39 is 11.7 Å². The summed E-state index contributed by atoms with van der Waals surface area (Å²) in [6, 6.07) is 15.9. The Morgan fingerprint density at radius 1 is 1.12 bits per heavy atom. The van der Waals surface area contributed by atoms with E-state index in [1.54, 1.807) is 23.7 Å². The lowest BCUT2D eigenvalue weighted by Crippen LogP contribution is -2.35. The molecule has 2 aromatic carbocycles. The molecule has 0 bridgehead atoms. The maximum Gasteiger partial charge on any atom is 0.373 e. The molecule has 1 unspecified atom stereocenters. The van der Waals surface area contributed by atoms with Gasteiger partial charge in [0.2, 0.25) is 11.5 Å². The molecular formula is C25H25NO5S. The van der Waals surface area contributed by atoms with Crippen LogP contribution in [0.5, 0.6) is 5.75 Å². The van der Waals surface area contributed by atoms with Gasteiger partial charge < -0.3 is 24.3 Å². The van der Waals surface area contributed by atoms with Gasteiger partial charge in [0.05, 0.1) is 26.5 Å². The van der Waals surface area contributed by atoms with Crippen LogP contribution < -0.4 is 10.1 Å². The Bertz CT molecular complexity index is 1170. The first-order valence-corrected chi connectivity index (χ1v) is 11.1. The van der Waals surface area contributed by atoms with Gasteiger partial charge in [-0.25, -0.2) is 4.79 Å². The first-order chi connectivity index (χ1) is 15.5. The van der Waals surface area contributed by atoms with E-state index >= 15 is 0 Å². The second-order valence-corrected chi connectivity index (χ2v) is 8.32. The number of thiophene rings is 1. The predicted molar refractivity (Wildman–Crippen MR) is 125 cm³/mol. The van der Waals surface area contributed by atoms with E-state index in [0.29, 0.717) is 13.0 Å². The Morgan fingerprint density at radius 3 is 2.69 bits per heavy atom. The highest BCUT2D eigenvalue weighted by atomic mass is 32.1. The summed E-state index contributed by atoms with van der Waals surface area (Å²) in [4.78, 5) is 11.8. The summed E-state index contributed by atoms with van der Waals surface area (Å²) in [5.41, 5.74) is 2.36. The standard InChI is InChI=1S/C25H25NO5S/c1-25(18-7-5-4-6-8-18)26-19(16-31-25)11-13-30-21-10-9-17(23-20(21)12-14-32-23)15-22(28-2)24(27)29-3/h4-10,12,14-16,26H,11,13H2,1-3H3/b22-15-. The quantitative estimate of drug-likeness (QED) is 0.290. The average molecular weight is 452 g/mol. The fourth-order valence-corrected chi connectivity index (χ4v) is 4.48. The molecule has 0 saturated carbocycles. The number of hydrogen-bond acceptors (Lipinski definition) is 7. The fourth-order valence-electron chi connectivity index (χ4n) is 3.58. The molecule has 0 fully saturated rings.